The summed E-state index contributed by atoms with van der Waals surface area (Å²) >= 11 is 0. The van der Waals surface area contributed by atoms with Crippen LogP contribution in [0.1, 0.15) is 18.4 Å². The summed E-state index contributed by atoms with van der Waals surface area (Å²) in [6.07, 6.45) is 2.88. The van der Waals surface area contributed by atoms with Gasteiger partial charge in [-0.3, -0.25) is 4.90 Å². The number of halogens is 1. The molecule has 0 radical (unpaired) electrons. The fourth-order valence-corrected chi connectivity index (χ4v) is 2.15. The Morgan fingerprint density at radius 3 is 2.89 bits per heavy atom. The lowest BCUT2D eigenvalue weighted by atomic mass is 10.0. The van der Waals surface area contributed by atoms with Gasteiger partial charge in [-0.2, -0.15) is 0 Å². The van der Waals surface area contributed by atoms with Crippen molar-refractivity contribution < 1.29 is 4.39 Å². The minimum Gasteiger partial charge on any atom is -0.309 e. The normalized spacial score (nSPS) is 23.4. The third-order valence-electron chi connectivity index (χ3n) is 3.40. The van der Waals surface area contributed by atoms with Crippen LogP contribution in [-0.4, -0.2) is 31.3 Å². The molecule has 1 aliphatic rings. The van der Waals surface area contributed by atoms with Crippen LogP contribution in [0.2, 0.25) is 0 Å². The first kappa shape index (κ1) is 13.2. The lowest BCUT2D eigenvalue weighted by Crippen LogP contribution is -2.34. The molecule has 98 valence electrons. The Morgan fingerprint density at radius 1 is 1.39 bits per heavy atom. The molecule has 1 heterocycles. The third-order valence-corrected chi connectivity index (χ3v) is 3.40. The summed E-state index contributed by atoms with van der Waals surface area (Å²) < 4.78 is 13.5. The van der Waals surface area contributed by atoms with Gasteiger partial charge in [-0.15, -0.1) is 0 Å². The molecule has 1 aromatic rings. The van der Waals surface area contributed by atoms with Gasteiger partial charge in [0, 0.05) is 26.1 Å². The highest BCUT2D eigenvalue weighted by atomic mass is 19.1. The molecule has 1 unspecified atom stereocenters. The summed E-state index contributed by atoms with van der Waals surface area (Å²) in [4.78, 5) is 1.77. The van der Waals surface area contributed by atoms with Crippen molar-refractivity contribution in [1.82, 2.24) is 10.2 Å². The monoisotopic (exact) mass is 248 g/mol. The van der Waals surface area contributed by atoms with E-state index in [4.69, 9.17) is 0 Å². The Hall–Kier alpha value is -1.19. The number of alkyl halides is 1. The van der Waals surface area contributed by atoms with Crippen LogP contribution in [-0.2, 0) is 6.54 Å². The minimum atomic E-state index is -0.806. The molecule has 3 heteroatoms. The number of nitrogens with zero attached hydrogens (tertiary/aromatic N) is 1. The fraction of sp³-hybridized carbons (Fsp3) is 0.467. The van der Waals surface area contributed by atoms with Gasteiger partial charge in [0.2, 0.25) is 0 Å². The van der Waals surface area contributed by atoms with Crippen molar-refractivity contribution in [2.24, 2.45) is 0 Å². The van der Waals surface area contributed by atoms with Crippen molar-refractivity contribution in [3.05, 3.63) is 47.5 Å². The van der Waals surface area contributed by atoms with Gasteiger partial charge in [0.15, 0.2) is 6.30 Å². The van der Waals surface area contributed by atoms with Crippen molar-refractivity contribution >= 4 is 0 Å². The lowest BCUT2D eigenvalue weighted by molar-refractivity contribution is 0.0923. The van der Waals surface area contributed by atoms with Crippen LogP contribution >= 0.6 is 0 Å². The standard InChI is InChI=1S/C15H21FN2/c1-18-10-8-13(11-15(18)16)7-9-17-12-14-5-3-2-4-6-14/h2-7,15,17H,8-12H2,1H3/b13-7-. The smallest absolute Gasteiger partial charge is 0.157 e. The lowest BCUT2D eigenvalue weighted by Gasteiger charge is -2.28. The van der Waals surface area contributed by atoms with Gasteiger partial charge in [-0.05, 0) is 19.0 Å². The molecule has 2 nitrogen and oxygen atoms in total. The average Bonchev–Trinajstić information content (AvgIpc) is 2.40. The van der Waals surface area contributed by atoms with Crippen molar-refractivity contribution in [3.8, 4) is 0 Å². The zero-order valence-corrected chi connectivity index (χ0v) is 10.9. The van der Waals surface area contributed by atoms with Crippen LogP contribution in [0.4, 0.5) is 4.39 Å². The molecule has 0 spiro atoms. The number of nitrogens with one attached hydrogen (secondary N) is 1. The number of hydrogen-bond acceptors (Lipinski definition) is 2. The van der Waals surface area contributed by atoms with Gasteiger partial charge in [0.25, 0.3) is 0 Å². The zero-order chi connectivity index (χ0) is 12.8. The Labute approximate surface area is 108 Å². The van der Waals surface area contributed by atoms with E-state index in [0.29, 0.717) is 6.42 Å². The van der Waals surface area contributed by atoms with E-state index in [-0.39, 0.29) is 0 Å². The number of rotatable bonds is 4. The highest BCUT2D eigenvalue weighted by molar-refractivity contribution is 5.14. The number of hydrogen-bond donors (Lipinski definition) is 1. The summed E-state index contributed by atoms with van der Waals surface area (Å²) in [7, 11) is 1.84. The predicted octanol–water partition coefficient (Wildman–Crippen LogP) is 2.72. The molecule has 1 aromatic carbocycles. The van der Waals surface area contributed by atoms with Gasteiger partial charge < -0.3 is 5.32 Å². The van der Waals surface area contributed by atoms with E-state index in [9.17, 15) is 4.39 Å². The molecule has 0 aliphatic carbocycles. The van der Waals surface area contributed by atoms with Gasteiger partial charge in [-0.25, -0.2) is 4.39 Å². The summed E-state index contributed by atoms with van der Waals surface area (Å²) in [5.74, 6) is 0. The van der Waals surface area contributed by atoms with E-state index >= 15 is 0 Å². The maximum Gasteiger partial charge on any atom is 0.157 e. The summed E-state index contributed by atoms with van der Waals surface area (Å²) in [5.41, 5.74) is 2.52. The SMILES string of the molecule is CN1CC/C(=C/CNCc2ccccc2)CC1F. The van der Waals surface area contributed by atoms with E-state index in [1.165, 1.54) is 11.1 Å². The Balaban J connectivity index is 1.72. The van der Waals surface area contributed by atoms with Crippen LogP contribution in [0.5, 0.6) is 0 Å². The molecule has 1 N–H and O–H groups in total. The van der Waals surface area contributed by atoms with Gasteiger partial charge in [0.1, 0.15) is 0 Å². The van der Waals surface area contributed by atoms with Crippen LogP contribution in [0.25, 0.3) is 0 Å². The van der Waals surface area contributed by atoms with Gasteiger partial charge in [0.05, 0.1) is 0 Å². The molecule has 0 aromatic heterocycles. The highest BCUT2D eigenvalue weighted by Crippen LogP contribution is 2.21. The van der Waals surface area contributed by atoms with Crippen molar-refractivity contribution in [2.45, 2.75) is 25.7 Å². The molecule has 1 saturated heterocycles. The Kier molecular flexibility index (Phi) is 4.90. The topological polar surface area (TPSA) is 15.3 Å². The molecule has 2 rings (SSSR count). The second-order valence-electron chi connectivity index (χ2n) is 4.85. The Bertz CT molecular complexity index is 389. The van der Waals surface area contributed by atoms with Crippen LogP contribution < -0.4 is 5.32 Å². The highest BCUT2D eigenvalue weighted by Gasteiger charge is 2.20. The first-order chi connectivity index (χ1) is 8.75. The number of piperidine rings is 1. The summed E-state index contributed by atoms with van der Waals surface area (Å²) in [6.45, 7) is 2.51. The number of benzene rings is 1. The van der Waals surface area contributed by atoms with Gasteiger partial charge >= 0.3 is 0 Å². The van der Waals surface area contributed by atoms with E-state index in [0.717, 1.165) is 26.1 Å². The molecule has 1 fully saturated rings. The van der Waals surface area contributed by atoms with Crippen LogP contribution in [0.15, 0.2) is 42.0 Å². The van der Waals surface area contributed by atoms with Crippen LogP contribution in [0, 0.1) is 0 Å². The van der Waals surface area contributed by atoms with Crippen molar-refractivity contribution in [3.63, 3.8) is 0 Å². The molecular weight excluding hydrogens is 227 g/mol. The molecule has 0 bridgehead atoms. The quantitative estimate of drug-likeness (QED) is 0.501. The zero-order valence-electron chi connectivity index (χ0n) is 10.9. The first-order valence-corrected chi connectivity index (χ1v) is 6.52. The molecule has 0 saturated carbocycles. The van der Waals surface area contributed by atoms with Crippen molar-refractivity contribution in [2.75, 3.05) is 20.1 Å². The average molecular weight is 248 g/mol. The fourth-order valence-electron chi connectivity index (χ4n) is 2.15. The number of likely N-dealkylation sites (tertiary alicyclic amines) is 1. The predicted molar refractivity (Wildman–Crippen MR) is 73.0 cm³/mol. The maximum atomic E-state index is 13.5. The first-order valence-electron chi connectivity index (χ1n) is 6.52. The third kappa shape index (κ3) is 3.93. The molecule has 1 aliphatic heterocycles. The molecule has 0 amide bonds. The van der Waals surface area contributed by atoms with E-state index < -0.39 is 6.30 Å². The summed E-state index contributed by atoms with van der Waals surface area (Å²) in [6, 6.07) is 10.3. The molecular formula is C15H21FN2. The summed E-state index contributed by atoms with van der Waals surface area (Å²) in [5, 5.41) is 3.36. The molecule has 1 atom stereocenters. The van der Waals surface area contributed by atoms with E-state index in [1.54, 1.807) is 4.90 Å². The van der Waals surface area contributed by atoms with E-state index in [1.807, 2.05) is 25.2 Å². The second kappa shape index (κ2) is 6.66. The largest absolute Gasteiger partial charge is 0.309 e. The maximum absolute atomic E-state index is 13.5. The van der Waals surface area contributed by atoms with Gasteiger partial charge in [-0.1, -0.05) is 42.0 Å². The van der Waals surface area contributed by atoms with Crippen LogP contribution in [0.3, 0.4) is 0 Å². The van der Waals surface area contributed by atoms with E-state index in [2.05, 4.69) is 23.5 Å². The Morgan fingerprint density at radius 2 is 2.17 bits per heavy atom. The minimum absolute atomic E-state index is 0.559. The van der Waals surface area contributed by atoms with Crippen molar-refractivity contribution in [1.29, 1.82) is 0 Å². The second-order valence-corrected chi connectivity index (χ2v) is 4.85. The molecule has 18 heavy (non-hydrogen) atoms.